The first-order valence-electron chi connectivity index (χ1n) is 7.09. The van der Waals surface area contributed by atoms with Gasteiger partial charge >= 0.3 is 12.0 Å². The van der Waals surface area contributed by atoms with Crippen molar-refractivity contribution in [1.82, 2.24) is 5.32 Å². The summed E-state index contributed by atoms with van der Waals surface area (Å²) in [4.78, 5) is 24.8. The Balaban J connectivity index is 2.80. The van der Waals surface area contributed by atoms with E-state index >= 15 is 0 Å². The Morgan fingerprint density at radius 3 is 2.57 bits per heavy atom. The molecule has 0 aromatic heterocycles. The van der Waals surface area contributed by atoms with Crippen LogP contribution in [0, 0.1) is 0 Å². The van der Waals surface area contributed by atoms with Gasteiger partial charge in [0.1, 0.15) is 11.8 Å². The minimum absolute atomic E-state index is 0.0551. The number of anilines is 1. The van der Waals surface area contributed by atoms with Crippen molar-refractivity contribution >= 4 is 17.7 Å². The zero-order chi connectivity index (χ0) is 15.8. The molecule has 3 N–H and O–H groups in total. The van der Waals surface area contributed by atoms with Crippen LogP contribution in [0.1, 0.15) is 33.1 Å². The van der Waals surface area contributed by atoms with Gasteiger partial charge in [-0.15, -0.1) is 0 Å². The van der Waals surface area contributed by atoms with E-state index in [1.165, 1.54) is 17.0 Å². The van der Waals surface area contributed by atoms with Crippen molar-refractivity contribution in [2.75, 3.05) is 11.4 Å². The minimum atomic E-state index is -1.04. The maximum absolute atomic E-state index is 12.2. The summed E-state index contributed by atoms with van der Waals surface area (Å²) >= 11 is 0. The predicted octanol–water partition coefficient (Wildman–Crippen LogP) is 2.57. The maximum Gasteiger partial charge on any atom is 0.326 e. The van der Waals surface area contributed by atoms with Gasteiger partial charge in [0.05, 0.1) is 0 Å². The second-order valence-corrected chi connectivity index (χ2v) is 4.75. The molecule has 6 heteroatoms. The van der Waals surface area contributed by atoms with Crippen LogP contribution in [0.3, 0.4) is 0 Å². The molecule has 0 spiro atoms. The third-order valence-corrected chi connectivity index (χ3v) is 3.14. The molecule has 0 radical (unpaired) electrons. The lowest BCUT2D eigenvalue weighted by molar-refractivity contribution is -0.139. The number of amides is 2. The summed E-state index contributed by atoms with van der Waals surface area (Å²) in [5.41, 5.74) is 0.523. The molecule has 21 heavy (non-hydrogen) atoms. The number of carboxylic acids is 1. The van der Waals surface area contributed by atoms with Crippen LogP contribution in [-0.4, -0.2) is 34.8 Å². The number of unbranched alkanes of at least 4 members (excludes halogenated alkanes) is 1. The van der Waals surface area contributed by atoms with Crippen molar-refractivity contribution < 1.29 is 19.8 Å². The van der Waals surface area contributed by atoms with Crippen molar-refractivity contribution in [1.29, 1.82) is 0 Å². The maximum atomic E-state index is 12.2. The number of aliphatic carboxylic acids is 1. The van der Waals surface area contributed by atoms with E-state index in [9.17, 15) is 14.7 Å². The molecule has 1 unspecified atom stereocenters. The smallest absolute Gasteiger partial charge is 0.326 e. The molecule has 116 valence electrons. The average molecular weight is 294 g/mol. The third kappa shape index (κ3) is 4.98. The lowest BCUT2D eigenvalue weighted by Gasteiger charge is -2.24. The normalized spacial score (nSPS) is 11.7. The molecule has 0 fully saturated rings. The summed E-state index contributed by atoms with van der Waals surface area (Å²) in [5.74, 6) is -0.983. The van der Waals surface area contributed by atoms with E-state index in [1.54, 1.807) is 19.1 Å². The Bertz CT molecular complexity index is 490. The largest absolute Gasteiger partial charge is 0.508 e. The Morgan fingerprint density at radius 2 is 2.05 bits per heavy atom. The fourth-order valence-corrected chi connectivity index (χ4v) is 2.00. The van der Waals surface area contributed by atoms with Crippen molar-refractivity contribution in [2.24, 2.45) is 0 Å². The van der Waals surface area contributed by atoms with Crippen molar-refractivity contribution in [3.05, 3.63) is 24.3 Å². The van der Waals surface area contributed by atoms with E-state index in [0.29, 0.717) is 18.7 Å². The van der Waals surface area contributed by atoms with Crippen LogP contribution in [-0.2, 0) is 4.79 Å². The second-order valence-electron chi connectivity index (χ2n) is 4.75. The number of aromatic hydroxyl groups is 1. The molecule has 1 aromatic carbocycles. The van der Waals surface area contributed by atoms with Crippen molar-refractivity contribution in [3.63, 3.8) is 0 Å². The van der Waals surface area contributed by atoms with Crippen molar-refractivity contribution in [2.45, 2.75) is 39.2 Å². The van der Waals surface area contributed by atoms with Crippen LogP contribution in [0.4, 0.5) is 10.5 Å². The summed E-state index contributed by atoms with van der Waals surface area (Å²) in [6.45, 7) is 4.12. The zero-order valence-corrected chi connectivity index (χ0v) is 12.4. The first kappa shape index (κ1) is 16.8. The first-order chi connectivity index (χ1) is 9.99. The summed E-state index contributed by atoms with van der Waals surface area (Å²) < 4.78 is 0. The van der Waals surface area contributed by atoms with E-state index in [2.05, 4.69) is 5.32 Å². The van der Waals surface area contributed by atoms with Crippen LogP contribution >= 0.6 is 0 Å². The zero-order valence-electron chi connectivity index (χ0n) is 12.4. The van der Waals surface area contributed by atoms with E-state index < -0.39 is 18.0 Å². The lowest BCUT2D eigenvalue weighted by Crippen LogP contribution is -2.48. The van der Waals surface area contributed by atoms with Gasteiger partial charge < -0.3 is 15.5 Å². The molecule has 0 heterocycles. The van der Waals surface area contributed by atoms with Crippen LogP contribution < -0.4 is 10.2 Å². The number of rotatable bonds is 7. The summed E-state index contributed by atoms with van der Waals surface area (Å²) in [7, 11) is 0. The molecule has 2 amide bonds. The highest BCUT2D eigenvalue weighted by Crippen LogP contribution is 2.20. The van der Waals surface area contributed by atoms with Gasteiger partial charge in [0, 0.05) is 18.3 Å². The minimum Gasteiger partial charge on any atom is -0.508 e. The Labute approximate surface area is 124 Å². The molecule has 1 rings (SSSR count). The number of urea groups is 1. The number of hydrogen-bond donors (Lipinski definition) is 3. The van der Waals surface area contributed by atoms with E-state index in [-0.39, 0.29) is 5.75 Å². The lowest BCUT2D eigenvalue weighted by atomic mass is 10.1. The number of benzene rings is 1. The fourth-order valence-electron chi connectivity index (χ4n) is 2.00. The molecule has 0 bridgehead atoms. The van der Waals surface area contributed by atoms with Gasteiger partial charge in [0.25, 0.3) is 0 Å². The number of phenols is 1. The topological polar surface area (TPSA) is 89.9 Å². The molecule has 0 aliphatic heterocycles. The van der Waals surface area contributed by atoms with Crippen LogP contribution in [0.15, 0.2) is 24.3 Å². The Hall–Kier alpha value is -2.24. The molecule has 1 atom stereocenters. The molecular weight excluding hydrogens is 272 g/mol. The number of carboxylic acid groups (broad SMARTS) is 1. The van der Waals surface area contributed by atoms with Gasteiger partial charge in [0.2, 0.25) is 0 Å². The van der Waals surface area contributed by atoms with Crippen LogP contribution in [0.2, 0.25) is 0 Å². The molecular formula is C15H22N2O4. The van der Waals surface area contributed by atoms with E-state index in [1.807, 2.05) is 6.92 Å². The quantitative estimate of drug-likeness (QED) is 0.721. The van der Waals surface area contributed by atoms with Gasteiger partial charge in [-0.1, -0.05) is 25.8 Å². The van der Waals surface area contributed by atoms with Gasteiger partial charge in [-0.05, 0) is 25.5 Å². The Morgan fingerprint density at radius 1 is 1.33 bits per heavy atom. The van der Waals surface area contributed by atoms with Gasteiger partial charge in [-0.3, -0.25) is 4.90 Å². The van der Waals surface area contributed by atoms with E-state index in [0.717, 1.165) is 12.8 Å². The SMILES string of the molecule is CCCCC(NC(=O)N(CC)c1cccc(O)c1)C(=O)O. The number of phenolic OH excluding ortho intramolecular Hbond substituents is 1. The molecule has 1 aromatic rings. The standard InChI is InChI=1S/C15H22N2O4/c1-3-5-9-13(14(19)20)16-15(21)17(4-2)11-7-6-8-12(18)10-11/h6-8,10,13,18H,3-5,9H2,1-2H3,(H,16,21)(H,19,20). The number of nitrogens with one attached hydrogen (secondary N) is 1. The molecule has 0 aliphatic carbocycles. The fraction of sp³-hybridized carbons (Fsp3) is 0.467. The molecule has 0 saturated carbocycles. The van der Waals surface area contributed by atoms with Crippen molar-refractivity contribution in [3.8, 4) is 5.75 Å². The number of nitrogens with zero attached hydrogens (tertiary/aromatic N) is 1. The third-order valence-electron chi connectivity index (χ3n) is 3.14. The number of carbonyl (C=O) groups excluding carboxylic acids is 1. The summed E-state index contributed by atoms with van der Waals surface area (Å²) in [6.07, 6.45) is 1.99. The predicted molar refractivity (Wildman–Crippen MR) is 80.6 cm³/mol. The summed E-state index contributed by atoms with van der Waals surface area (Å²) in [6, 6.07) is 4.91. The first-order valence-corrected chi connectivity index (χ1v) is 7.09. The Kier molecular flexibility index (Phi) is 6.52. The highest BCUT2D eigenvalue weighted by atomic mass is 16.4. The van der Waals surface area contributed by atoms with Crippen LogP contribution in [0.5, 0.6) is 5.75 Å². The van der Waals surface area contributed by atoms with E-state index in [4.69, 9.17) is 5.11 Å². The van der Waals surface area contributed by atoms with Gasteiger partial charge in [0.15, 0.2) is 0 Å². The highest BCUT2D eigenvalue weighted by molar-refractivity contribution is 5.94. The molecule has 0 aliphatic rings. The number of hydrogen-bond acceptors (Lipinski definition) is 3. The molecule has 6 nitrogen and oxygen atoms in total. The van der Waals surface area contributed by atoms with Crippen LogP contribution in [0.25, 0.3) is 0 Å². The van der Waals surface area contributed by atoms with Gasteiger partial charge in [-0.25, -0.2) is 9.59 Å². The monoisotopic (exact) mass is 294 g/mol. The molecule has 0 saturated heterocycles. The average Bonchev–Trinajstić information content (AvgIpc) is 2.44. The highest BCUT2D eigenvalue weighted by Gasteiger charge is 2.22. The number of carbonyl (C=O) groups is 2. The van der Waals surface area contributed by atoms with Gasteiger partial charge in [-0.2, -0.15) is 0 Å². The summed E-state index contributed by atoms with van der Waals surface area (Å²) in [5, 5.41) is 21.1. The second kappa shape index (κ2) is 8.14.